The molecule has 26 heavy (non-hydrogen) atoms. The van der Waals surface area contributed by atoms with Gasteiger partial charge in [-0.3, -0.25) is 4.79 Å². The second-order valence-corrected chi connectivity index (χ2v) is 6.59. The maximum absolute atomic E-state index is 12.4. The number of nitrogens with zero attached hydrogens (tertiary/aromatic N) is 1. The molecule has 0 saturated heterocycles. The summed E-state index contributed by atoms with van der Waals surface area (Å²) in [5, 5.41) is 2.35. The average Bonchev–Trinajstić information content (AvgIpc) is 3.04. The van der Waals surface area contributed by atoms with Gasteiger partial charge in [-0.2, -0.15) is 0 Å². The minimum atomic E-state index is -0.0251. The first-order valence-corrected chi connectivity index (χ1v) is 8.63. The number of fused-ring (bicyclic) bond motifs is 3. The highest BCUT2D eigenvalue weighted by Gasteiger charge is 2.11. The Morgan fingerprint density at radius 3 is 2.27 bits per heavy atom. The fourth-order valence-corrected chi connectivity index (χ4v) is 3.22. The fourth-order valence-electron chi connectivity index (χ4n) is 3.22. The molecule has 0 unspecified atom stereocenters. The standard InChI is InChI=1S/C23H20N2O/c1-25(2)23(26)15-19(16-8-4-3-5-9-16)17-12-13-22-20(14-17)18-10-6-7-11-21(18)24-22/h3-15,24H,1-2H3/b19-15+. The van der Waals surface area contributed by atoms with Crippen molar-refractivity contribution < 1.29 is 4.79 Å². The molecule has 0 spiro atoms. The summed E-state index contributed by atoms with van der Waals surface area (Å²) in [5.74, 6) is -0.0251. The molecule has 1 heterocycles. The summed E-state index contributed by atoms with van der Waals surface area (Å²) < 4.78 is 0. The van der Waals surface area contributed by atoms with E-state index in [1.165, 1.54) is 5.39 Å². The van der Waals surface area contributed by atoms with Crippen molar-refractivity contribution in [1.29, 1.82) is 0 Å². The zero-order valence-electron chi connectivity index (χ0n) is 14.9. The van der Waals surface area contributed by atoms with Crippen LogP contribution in [0.1, 0.15) is 11.1 Å². The van der Waals surface area contributed by atoms with E-state index in [1.54, 1.807) is 25.1 Å². The quantitative estimate of drug-likeness (QED) is 0.532. The van der Waals surface area contributed by atoms with Gasteiger partial charge < -0.3 is 9.88 Å². The number of amides is 1. The maximum atomic E-state index is 12.4. The highest BCUT2D eigenvalue weighted by Crippen LogP contribution is 2.30. The number of aromatic amines is 1. The molecule has 1 N–H and O–H groups in total. The van der Waals surface area contributed by atoms with E-state index in [9.17, 15) is 4.79 Å². The van der Waals surface area contributed by atoms with Crippen molar-refractivity contribution in [3.05, 3.63) is 90.0 Å². The molecule has 0 aliphatic heterocycles. The van der Waals surface area contributed by atoms with Crippen LogP contribution in [0.2, 0.25) is 0 Å². The van der Waals surface area contributed by atoms with Crippen LogP contribution in [0.3, 0.4) is 0 Å². The number of hydrogen-bond acceptors (Lipinski definition) is 1. The molecule has 0 aliphatic rings. The van der Waals surface area contributed by atoms with E-state index in [-0.39, 0.29) is 5.91 Å². The minimum absolute atomic E-state index is 0.0251. The summed E-state index contributed by atoms with van der Waals surface area (Å²) in [4.78, 5) is 17.4. The maximum Gasteiger partial charge on any atom is 0.246 e. The number of likely N-dealkylation sites (N-methyl/N-ethyl adjacent to an activating group) is 1. The van der Waals surface area contributed by atoms with Crippen molar-refractivity contribution in [3.8, 4) is 0 Å². The average molecular weight is 340 g/mol. The molecular formula is C23H20N2O. The van der Waals surface area contributed by atoms with E-state index in [0.717, 1.165) is 33.1 Å². The number of carbonyl (C=O) groups excluding carboxylic acids is 1. The van der Waals surface area contributed by atoms with Crippen LogP contribution in [0, 0.1) is 0 Å². The van der Waals surface area contributed by atoms with Crippen LogP contribution in [0.25, 0.3) is 27.4 Å². The molecule has 3 heteroatoms. The molecule has 3 nitrogen and oxygen atoms in total. The van der Waals surface area contributed by atoms with Gasteiger partial charge in [0.25, 0.3) is 0 Å². The molecule has 0 bridgehead atoms. The van der Waals surface area contributed by atoms with Gasteiger partial charge in [-0.05, 0) is 34.9 Å². The van der Waals surface area contributed by atoms with Gasteiger partial charge in [-0.15, -0.1) is 0 Å². The molecule has 1 amide bonds. The van der Waals surface area contributed by atoms with Crippen molar-refractivity contribution >= 4 is 33.3 Å². The smallest absolute Gasteiger partial charge is 0.246 e. The molecule has 0 saturated carbocycles. The Hall–Kier alpha value is -3.33. The lowest BCUT2D eigenvalue weighted by Crippen LogP contribution is -2.19. The van der Waals surface area contributed by atoms with E-state index in [4.69, 9.17) is 0 Å². The Labute approximate surface area is 152 Å². The molecule has 128 valence electrons. The van der Waals surface area contributed by atoms with Gasteiger partial charge in [0.2, 0.25) is 5.91 Å². The lowest BCUT2D eigenvalue weighted by molar-refractivity contribution is -0.123. The number of aromatic nitrogens is 1. The summed E-state index contributed by atoms with van der Waals surface area (Å²) in [6.45, 7) is 0. The van der Waals surface area contributed by atoms with E-state index in [0.29, 0.717) is 0 Å². The number of nitrogens with one attached hydrogen (secondary N) is 1. The van der Waals surface area contributed by atoms with Crippen LogP contribution in [-0.4, -0.2) is 29.9 Å². The van der Waals surface area contributed by atoms with Crippen LogP contribution >= 0.6 is 0 Å². The first-order valence-electron chi connectivity index (χ1n) is 8.63. The van der Waals surface area contributed by atoms with Gasteiger partial charge in [0.1, 0.15) is 0 Å². The zero-order valence-corrected chi connectivity index (χ0v) is 14.9. The van der Waals surface area contributed by atoms with Crippen LogP contribution in [0.4, 0.5) is 0 Å². The molecule has 0 atom stereocenters. The third kappa shape index (κ3) is 2.88. The van der Waals surface area contributed by atoms with Gasteiger partial charge in [0.05, 0.1) is 0 Å². The SMILES string of the molecule is CN(C)C(=O)/C=C(\c1ccccc1)c1ccc2[nH]c3ccccc3c2c1. The molecular weight excluding hydrogens is 320 g/mol. The van der Waals surface area contributed by atoms with Gasteiger partial charge in [0.15, 0.2) is 0 Å². The van der Waals surface area contributed by atoms with Crippen molar-refractivity contribution in [2.45, 2.75) is 0 Å². The largest absolute Gasteiger partial charge is 0.355 e. The highest BCUT2D eigenvalue weighted by atomic mass is 16.2. The number of H-pyrrole nitrogens is 1. The van der Waals surface area contributed by atoms with Crippen LogP contribution in [0.15, 0.2) is 78.9 Å². The Bertz CT molecular complexity index is 1120. The summed E-state index contributed by atoms with van der Waals surface area (Å²) in [7, 11) is 3.54. The summed E-state index contributed by atoms with van der Waals surface area (Å²) in [5.41, 5.74) is 5.21. The Balaban J connectivity index is 1.93. The Morgan fingerprint density at radius 1 is 0.808 bits per heavy atom. The van der Waals surface area contributed by atoms with Crippen LogP contribution in [0.5, 0.6) is 0 Å². The fraction of sp³-hybridized carbons (Fsp3) is 0.0870. The molecule has 0 radical (unpaired) electrons. The topological polar surface area (TPSA) is 36.1 Å². The Morgan fingerprint density at radius 2 is 1.50 bits per heavy atom. The molecule has 0 fully saturated rings. The molecule has 4 aromatic rings. The van der Waals surface area contributed by atoms with E-state index < -0.39 is 0 Å². The predicted molar refractivity (Wildman–Crippen MR) is 108 cm³/mol. The Kier molecular flexibility index (Phi) is 4.05. The summed E-state index contributed by atoms with van der Waals surface area (Å²) >= 11 is 0. The van der Waals surface area contributed by atoms with Crippen molar-refractivity contribution in [2.75, 3.05) is 14.1 Å². The molecule has 1 aromatic heterocycles. The summed E-state index contributed by atoms with van der Waals surface area (Å²) in [6, 6.07) is 24.6. The lowest BCUT2D eigenvalue weighted by atomic mass is 9.96. The second kappa shape index (κ2) is 6.52. The molecule has 4 rings (SSSR count). The molecule has 0 aliphatic carbocycles. The number of hydrogen-bond donors (Lipinski definition) is 1. The van der Waals surface area contributed by atoms with Gasteiger partial charge in [-0.25, -0.2) is 0 Å². The van der Waals surface area contributed by atoms with E-state index in [1.807, 2.05) is 42.5 Å². The van der Waals surface area contributed by atoms with Crippen LogP contribution < -0.4 is 0 Å². The van der Waals surface area contributed by atoms with E-state index >= 15 is 0 Å². The number of benzene rings is 3. The lowest BCUT2D eigenvalue weighted by Gasteiger charge is -2.12. The van der Waals surface area contributed by atoms with Crippen molar-refractivity contribution in [3.63, 3.8) is 0 Å². The number of rotatable bonds is 3. The highest BCUT2D eigenvalue weighted by molar-refractivity contribution is 6.09. The summed E-state index contributed by atoms with van der Waals surface area (Å²) in [6.07, 6.45) is 1.71. The molecule has 3 aromatic carbocycles. The van der Waals surface area contributed by atoms with Gasteiger partial charge >= 0.3 is 0 Å². The third-order valence-electron chi connectivity index (χ3n) is 4.61. The first-order chi connectivity index (χ1) is 12.6. The van der Waals surface area contributed by atoms with Crippen molar-refractivity contribution in [1.82, 2.24) is 9.88 Å². The van der Waals surface area contributed by atoms with Gasteiger partial charge in [-0.1, -0.05) is 54.6 Å². The number of carbonyl (C=O) groups is 1. The zero-order chi connectivity index (χ0) is 18.1. The minimum Gasteiger partial charge on any atom is -0.355 e. The van der Waals surface area contributed by atoms with Crippen LogP contribution in [-0.2, 0) is 4.79 Å². The second-order valence-electron chi connectivity index (χ2n) is 6.59. The normalized spacial score (nSPS) is 11.8. The monoisotopic (exact) mass is 340 g/mol. The number of para-hydroxylation sites is 1. The van der Waals surface area contributed by atoms with Crippen molar-refractivity contribution in [2.24, 2.45) is 0 Å². The van der Waals surface area contributed by atoms with Gasteiger partial charge in [0, 0.05) is 42.0 Å². The third-order valence-corrected chi connectivity index (χ3v) is 4.61. The first kappa shape index (κ1) is 16.2. The predicted octanol–water partition coefficient (Wildman–Crippen LogP) is 4.84. The van der Waals surface area contributed by atoms with E-state index in [2.05, 4.69) is 35.3 Å².